The fourth-order valence-electron chi connectivity index (χ4n) is 5.17. The molecule has 8 bridgehead atoms. The lowest BCUT2D eigenvalue weighted by Gasteiger charge is -2.26. The molecular formula is C32H32N8O4. The van der Waals surface area contributed by atoms with E-state index in [0.717, 1.165) is 0 Å². The van der Waals surface area contributed by atoms with Gasteiger partial charge >= 0.3 is 0 Å². The van der Waals surface area contributed by atoms with Crippen molar-refractivity contribution in [3.05, 3.63) is 96.1 Å². The van der Waals surface area contributed by atoms with Gasteiger partial charge in [-0.25, -0.2) is 0 Å². The minimum Gasteiger partial charge on any atom is -0.307 e. The number of pyridine rings is 4. The molecule has 4 aromatic rings. The molecule has 0 aliphatic carbocycles. The van der Waals surface area contributed by atoms with Crippen LogP contribution >= 0.6 is 0 Å². The zero-order valence-corrected chi connectivity index (χ0v) is 25.0. The minimum atomic E-state index is -0.365. The predicted octanol–water partition coefficient (Wildman–Crippen LogP) is 4.25. The number of aromatic nitrogens is 4. The fraction of sp³-hybridized carbons (Fsp3) is 0.250. The third-order valence-corrected chi connectivity index (χ3v) is 7.38. The number of fused-ring (bicyclic) bond motifs is 8. The number of nitrogens with zero attached hydrogens (tertiary/aromatic N) is 8. The van der Waals surface area contributed by atoms with Gasteiger partial charge < -0.3 is 19.6 Å². The summed E-state index contributed by atoms with van der Waals surface area (Å²) in [5.41, 5.74) is 2.72. The van der Waals surface area contributed by atoms with E-state index in [2.05, 4.69) is 19.9 Å². The molecule has 0 atom stereocenters. The van der Waals surface area contributed by atoms with Crippen LogP contribution in [0.3, 0.4) is 0 Å². The summed E-state index contributed by atoms with van der Waals surface area (Å²) in [6, 6.07) is 6.43. The smallest absolute Gasteiger partial charge is 0.259 e. The second kappa shape index (κ2) is 12.8. The second-order valence-corrected chi connectivity index (χ2v) is 9.92. The summed E-state index contributed by atoms with van der Waals surface area (Å²) < 4.78 is 0. The first kappa shape index (κ1) is 30.0. The maximum atomic E-state index is 13.8. The predicted molar refractivity (Wildman–Crippen MR) is 166 cm³/mol. The molecule has 1 aliphatic heterocycles. The molecule has 0 N–H and O–H groups in total. The maximum absolute atomic E-state index is 13.8. The van der Waals surface area contributed by atoms with E-state index in [0.29, 0.717) is 22.7 Å². The van der Waals surface area contributed by atoms with Gasteiger partial charge in [-0.05, 0) is 52.0 Å². The van der Waals surface area contributed by atoms with Crippen molar-refractivity contribution in [2.75, 3.05) is 45.8 Å². The summed E-state index contributed by atoms with van der Waals surface area (Å²) in [7, 11) is 0. The van der Waals surface area contributed by atoms with Crippen LogP contribution in [0, 0.1) is 0 Å². The SMILES string of the molecule is CCN1C(=O)c2cncc(c2)N(CC)C(=O)c2cncc(c2)N(CC)C(=O)c2cncc(c2)N(CC)C(=O)c2cncc1c2. The van der Waals surface area contributed by atoms with Crippen LogP contribution in [-0.2, 0) is 0 Å². The Balaban J connectivity index is 1.70. The van der Waals surface area contributed by atoms with Crippen molar-refractivity contribution in [2.24, 2.45) is 0 Å². The molecule has 0 unspecified atom stereocenters. The fourth-order valence-corrected chi connectivity index (χ4v) is 5.17. The molecule has 0 spiro atoms. The molecule has 12 nitrogen and oxygen atoms in total. The zero-order chi connectivity index (χ0) is 31.4. The molecule has 0 aromatic carbocycles. The van der Waals surface area contributed by atoms with E-state index < -0.39 is 0 Å². The Morgan fingerprint density at radius 3 is 0.773 bits per heavy atom. The van der Waals surface area contributed by atoms with Crippen molar-refractivity contribution in [1.29, 1.82) is 0 Å². The normalized spacial score (nSPS) is 14.3. The highest BCUT2D eigenvalue weighted by Gasteiger charge is 2.26. The third kappa shape index (κ3) is 5.61. The van der Waals surface area contributed by atoms with Crippen LogP contribution in [0.25, 0.3) is 0 Å². The summed E-state index contributed by atoms with van der Waals surface area (Å²) in [6.45, 7) is 8.42. The van der Waals surface area contributed by atoms with Gasteiger partial charge in [-0.15, -0.1) is 0 Å². The number of carbonyl (C=O) groups excluding carboxylic acids is 4. The number of amides is 4. The lowest BCUT2D eigenvalue weighted by Crippen LogP contribution is -2.35. The second-order valence-electron chi connectivity index (χ2n) is 9.92. The third-order valence-electron chi connectivity index (χ3n) is 7.38. The van der Waals surface area contributed by atoms with E-state index in [1.165, 1.54) is 69.2 Å². The quantitative estimate of drug-likeness (QED) is 0.344. The van der Waals surface area contributed by atoms with Crippen molar-refractivity contribution < 1.29 is 19.2 Å². The van der Waals surface area contributed by atoms with Gasteiger partial charge in [0.1, 0.15) is 0 Å². The summed E-state index contributed by atoms with van der Waals surface area (Å²) >= 11 is 0. The lowest BCUT2D eigenvalue weighted by atomic mass is 10.1. The van der Waals surface area contributed by atoms with Gasteiger partial charge in [0, 0.05) is 51.0 Å². The number of rotatable bonds is 4. The van der Waals surface area contributed by atoms with E-state index in [1.54, 1.807) is 24.3 Å². The number of carbonyl (C=O) groups is 4. The van der Waals surface area contributed by atoms with Gasteiger partial charge in [-0.1, -0.05) is 0 Å². The average Bonchev–Trinajstić information content (AvgIpc) is 3.06. The van der Waals surface area contributed by atoms with Gasteiger partial charge in [-0.3, -0.25) is 39.1 Å². The lowest BCUT2D eigenvalue weighted by molar-refractivity contribution is 0.0973. The van der Waals surface area contributed by atoms with Crippen LogP contribution in [0.1, 0.15) is 69.1 Å². The Labute approximate surface area is 255 Å². The highest BCUT2D eigenvalue weighted by molar-refractivity contribution is 6.12. The first-order valence-corrected chi connectivity index (χ1v) is 14.4. The molecule has 5 rings (SSSR count). The summed E-state index contributed by atoms with van der Waals surface area (Å²) in [4.78, 5) is 78.1. The van der Waals surface area contributed by atoms with Crippen LogP contribution in [0.15, 0.2) is 73.8 Å². The number of hydrogen-bond donors (Lipinski definition) is 0. The van der Waals surface area contributed by atoms with Gasteiger partial charge in [0.15, 0.2) is 0 Å². The largest absolute Gasteiger partial charge is 0.307 e. The summed E-state index contributed by atoms with van der Waals surface area (Å²) in [5.74, 6) is -1.46. The van der Waals surface area contributed by atoms with E-state index in [4.69, 9.17) is 0 Å². The van der Waals surface area contributed by atoms with Crippen molar-refractivity contribution in [3.8, 4) is 0 Å². The van der Waals surface area contributed by atoms with E-state index in [1.807, 2.05) is 27.7 Å². The molecule has 5 heterocycles. The molecule has 0 saturated carbocycles. The highest BCUT2D eigenvalue weighted by Crippen LogP contribution is 2.26. The Kier molecular flexibility index (Phi) is 8.70. The molecule has 44 heavy (non-hydrogen) atoms. The van der Waals surface area contributed by atoms with E-state index in [9.17, 15) is 19.2 Å². The Morgan fingerprint density at radius 2 is 0.591 bits per heavy atom. The van der Waals surface area contributed by atoms with Crippen LogP contribution in [0.4, 0.5) is 22.7 Å². The highest BCUT2D eigenvalue weighted by atomic mass is 16.2. The molecule has 4 aromatic heterocycles. The number of anilines is 4. The van der Waals surface area contributed by atoms with Crippen LogP contribution in [0.5, 0.6) is 0 Å². The summed E-state index contributed by atoms with van der Waals surface area (Å²) in [5, 5.41) is 0. The van der Waals surface area contributed by atoms with Gasteiger partial charge in [0.2, 0.25) is 0 Å². The molecule has 1 aliphatic rings. The standard InChI is InChI=1S/C32H32N8O4/c1-5-37-25-9-22(14-33-17-25)30(42)39(7-3)27-11-24(16-35-19-27)32(44)40(8-4)28-12-23(15-36-20-28)31(43)38(6-2)26-10-21(29(37)41)13-34-18-26/h9-20H,5-8H2,1-4H3. The molecule has 224 valence electrons. The molecule has 0 radical (unpaired) electrons. The van der Waals surface area contributed by atoms with Crippen molar-refractivity contribution >= 4 is 46.4 Å². The number of hydrogen-bond acceptors (Lipinski definition) is 8. The van der Waals surface area contributed by atoms with E-state index in [-0.39, 0.29) is 72.1 Å². The van der Waals surface area contributed by atoms with Crippen LogP contribution < -0.4 is 19.6 Å². The zero-order valence-electron chi connectivity index (χ0n) is 25.0. The molecule has 0 fully saturated rings. The topological polar surface area (TPSA) is 133 Å². The molecule has 4 amide bonds. The molecule has 12 heteroatoms. The molecule has 0 saturated heterocycles. The van der Waals surface area contributed by atoms with Crippen molar-refractivity contribution in [2.45, 2.75) is 27.7 Å². The first-order valence-electron chi connectivity index (χ1n) is 14.4. The average molecular weight is 593 g/mol. The summed E-state index contributed by atoms with van der Waals surface area (Å²) in [6.07, 6.45) is 11.8. The Bertz CT molecular complexity index is 1490. The van der Waals surface area contributed by atoms with Gasteiger partial charge in [0.25, 0.3) is 23.6 Å². The first-order chi connectivity index (χ1) is 21.3. The minimum absolute atomic E-state index is 0.259. The Morgan fingerprint density at radius 1 is 0.386 bits per heavy atom. The van der Waals surface area contributed by atoms with Crippen LogP contribution in [0.2, 0.25) is 0 Å². The van der Waals surface area contributed by atoms with Crippen molar-refractivity contribution in [1.82, 2.24) is 19.9 Å². The monoisotopic (exact) mass is 592 g/mol. The Hall–Kier alpha value is -5.52. The van der Waals surface area contributed by atoms with Crippen LogP contribution in [-0.4, -0.2) is 69.7 Å². The maximum Gasteiger partial charge on any atom is 0.259 e. The molecular weight excluding hydrogens is 560 g/mol. The van der Waals surface area contributed by atoms with E-state index >= 15 is 0 Å². The van der Waals surface area contributed by atoms with Gasteiger partial charge in [0.05, 0.1) is 69.8 Å². The van der Waals surface area contributed by atoms with Gasteiger partial charge in [-0.2, -0.15) is 0 Å². The van der Waals surface area contributed by atoms with Crippen molar-refractivity contribution in [3.63, 3.8) is 0 Å².